The van der Waals surface area contributed by atoms with E-state index in [4.69, 9.17) is 13.9 Å². The first-order chi connectivity index (χ1) is 17.1. The van der Waals surface area contributed by atoms with Crippen LogP contribution in [0.25, 0.3) is 0 Å². The first-order valence-corrected chi connectivity index (χ1v) is 10.8. The van der Waals surface area contributed by atoms with E-state index >= 15 is 0 Å². The molecule has 4 rings (SSSR count). The Morgan fingerprint density at radius 1 is 0.857 bits per heavy atom. The lowest BCUT2D eigenvalue weighted by molar-refractivity contribution is 0.0954. The van der Waals surface area contributed by atoms with E-state index in [0.717, 1.165) is 11.3 Å². The molecule has 0 aliphatic heterocycles. The third-order valence-corrected chi connectivity index (χ3v) is 4.94. The van der Waals surface area contributed by atoms with Crippen molar-refractivity contribution >= 4 is 23.7 Å². The molecule has 0 fully saturated rings. The topological polar surface area (TPSA) is 102 Å². The molecule has 0 unspecified atom stereocenters. The fraction of sp³-hybridized carbons (Fsp3) is 0.0741. The van der Waals surface area contributed by atoms with Crippen LogP contribution in [0.2, 0.25) is 0 Å². The number of hydrazone groups is 1. The Balaban J connectivity index is 1.25. The second-order valence-electron chi connectivity index (χ2n) is 7.39. The average Bonchev–Trinajstić information content (AvgIpc) is 3.36. The number of hydrogen-bond donors (Lipinski definition) is 2. The van der Waals surface area contributed by atoms with Crippen LogP contribution in [0.1, 0.15) is 32.0 Å². The zero-order chi connectivity index (χ0) is 24.5. The van der Waals surface area contributed by atoms with E-state index in [1.807, 2.05) is 30.3 Å². The molecule has 0 saturated heterocycles. The van der Waals surface area contributed by atoms with Gasteiger partial charge in [-0.05, 0) is 60.2 Å². The van der Waals surface area contributed by atoms with Crippen molar-refractivity contribution in [2.45, 2.75) is 6.61 Å². The van der Waals surface area contributed by atoms with Crippen LogP contribution in [-0.4, -0.2) is 25.1 Å². The van der Waals surface area contributed by atoms with E-state index in [1.54, 1.807) is 67.8 Å². The molecule has 0 aliphatic rings. The first-order valence-electron chi connectivity index (χ1n) is 10.8. The molecular weight excluding hydrogens is 446 g/mol. The van der Waals surface area contributed by atoms with E-state index < -0.39 is 5.91 Å². The molecular formula is C27H23N3O5. The molecule has 8 heteroatoms. The van der Waals surface area contributed by atoms with E-state index in [9.17, 15) is 9.59 Å². The lowest BCUT2D eigenvalue weighted by Gasteiger charge is -2.06. The molecule has 176 valence electrons. The Bertz CT molecular complexity index is 1300. The van der Waals surface area contributed by atoms with Crippen molar-refractivity contribution in [2.24, 2.45) is 5.10 Å². The Hall–Kier alpha value is -4.85. The number of benzene rings is 3. The maximum atomic E-state index is 12.3. The highest BCUT2D eigenvalue weighted by atomic mass is 16.6. The van der Waals surface area contributed by atoms with Crippen molar-refractivity contribution in [3.05, 3.63) is 113 Å². The van der Waals surface area contributed by atoms with Gasteiger partial charge in [-0.15, -0.1) is 0 Å². The minimum atomic E-state index is -0.398. The van der Waals surface area contributed by atoms with Gasteiger partial charge in [-0.25, -0.2) is 5.43 Å². The summed E-state index contributed by atoms with van der Waals surface area (Å²) in [6.07, 6.45) is 1.38. The van der Waals surface area contributed by atoms with Gasteiger partial charge in [-0.1, -0.05) is 30.3 Å². The first kappa shape index (κ1) is 23.3. The highest BCUT2D eigenvalue weighted by Gasteiger charge is 2.08. The summed E-state index contributed by atoms with van der Waals surface area (Å²) < 4.78 is 16.3. The Morgan fingerprint density at radius 3 is 2.29 bits per heavy atom. The van der Waals surface area contributed by atoms with Gasteiger partial charge in [0, 0.05) is 22.9 Å². The van der Waals surface area contributed by atoms with Gasteiger partial charge in [0.15, 0.2) is 5.76 Å². The fourth-order valence-electron chi connectivity index (χ4n) is 3.07. The molecule has 0 spiro atoms. The average molecular weight is 469 g/mol. The quantitative estimate of drug-likeness (QED) is 0.269. The van der Waals surface area contributed by atoms with Crippen molar-refractivity contribution in [3.8, 4) is 11.7 Å². The lowest BCUT2D eigenvalue weighted by Crippen LogP contribution is -2.17. The summed E-state index contributed by atoms with van der Waals surface area (Å²) in [6.45, 7) is 0.340. The SMILES string of the molecule is COc1ccc(COc2ccc(/C=N/NC(=O)c3ccc(NC(=O)c4ccccc4)cc3)o2)cc1. The molecule has 0 aliphatic carbocycles. The molecule has 2 amide bonds. The van der Waals surface area contributed by atoms with Crippen molar-refractivity contribution in [1.82, 2.24) is 5.43 Å². The summed E-state index contributed by atoms with van der Waals surface area (Å²) in [4.78, 5) is 24.5. The van der Waals surface area contributed by atoms with Crippen LogP contribution in [0, 0.1) is 0 Å². The highest BCUT2D eigenvalue weighted by molar-refractivity contribution is 6.04. The number of nitrogens with zero attached hydrogens (tertiary/aromatic N) is 1. The molecule has 0 atom stereocenters. The third-order valence-electron chi connectivity index (χ3n) is 4.94. The Kier molecular flexibility index (Phi) is 7.55. The van der Waals surface area contributed by atoms with E-state index in [-0.39, 0.29) is 5.91 Å². The molecule has 35 heavy (non-hydrogen) atoms. The summed E-state index contributed by atoms with van der Waals surface area (Å²) in [6, 6.07) is 26.3. The number of amides is 2. The summed E-state index contributed by atoms with van der Waals surface area (Å²) >= 11 is 0. The molecule has 1 heterocycles. The van der Waals surface area contributed by atoms with E-state index in [1.165, 1.54) is 6.21 Å². The van der Waals surface area contributed by atoms with Gasteiger partial charge in [-0.2, -0.15) is 5.10 Å². The fourth-order valence-corrected chi connectivity index (χ4v) is 3.07. The van der Waals surface area contributed by atoms with Crippen molar-refractivity contribution in [3.63, 3.8) is 0 Å². The van der Waals surface area contributed by atoms with Crippen LogP contribution in [0.3, 0.4) is 0 Å². The summed E-state index contributed by atoms with van der Waals surface area (Å²) in [5.74, 6) is 0.914. The summed E-state index contributed by atoms with van der Waals surface area (Å²) in [7, 11) is 1.62. The number of rotatable bonds is 9. The highest BCUT2D eigenvalue weighted by Crippen LogP contribution is 2.18. The van der Waals surface area contributed by atoms with Crippen LogP contribution in [-0.2, 0) is 6.61 Å². The number of carbonyl (C=O) groups excluding carboxylic acids is 2. The predicted octanol–water partition coefficient (Wildman–Crippen LogP) is 4.88. The number of anilines is 1. The smallest absolute Gasteiger partial charge is 0.285 e. The molecule has 4 aromatic rings. The Labute approximate surface area is 202 Å². The van der Waals surface area contributed by atoms with Crippen LogP contribution >= 0.6 is 0 Å². The molecule has 0 radical (unpaired) electrons. The standard InChI is InChI=1S/C27H23N3O5/c1-33-23-13-7-19(8-14-23)18-34-25-16-15-24(35-25)17-28-30-27(32)21-9-11-22(12-10-21)29-26(31)20-5-3-2-4-6-20/h2-17H,18H2,1H3,(H,29,31)(H,30,32)/b28-17+. The number of ether oxygens (including phenoxy) is 2. The van der Waals surface area contributed by atoms with Gasteiger partial charge in [0.05, 0.1) is 13.3 Å². The van der Waals surface area contributed by atoms with Crippen LogP contribution in [0.4, 0.5) is 5.69 Å². The zero-order valence-electron chi connectivity index (χ0n) is 18.9. The molecule has 8 nitrogen and oxygen atoms in total. The largest absolute Gasteiger partial charge is 0.497 e. The van der Waals surface area contributed by atoms with Crippen LogP contribution in [0.15, 0.2) is 101 Å². The number of furan rings is 1. The normalized spacial score (nSPS) is 10.7. The van der Waals surface area contributed by atoms with Crippen LogP contribution in [0.5, 0.6) is 11.7 Å². The maximum Gasteiger partial charge on any atom is 0.285 e. The third kappa shape index (κ3) is 6.58. The lowest BCUT2D eigenvalue weighted by atomic mass is 10.2. The van der Waals surface area contributed by atoms with Gasteiger partial charge in [0.2, 0.25) is 0 Å². The predicted molar refractivity (Wildman–Crippen MR) is 132 cm³/mol. The van der Waals surface area contributed by atoms with Gasteiger partial charge < -0.3 is 19.2 Å². The minimum absolute atomic E-state index is 0.224. The zero-order valence-corrected chi connectivity index (χ0v) is 18.9. The van der Waals surface area contributed by atoms with Gasteiger partial charge >= 0.3 is 0 Å². The summed E-state index contributed by atoms with van der Waals surface area (Å²) in [5, 5.41) is 6.71. The number of carbonyl (C=O) groups is 2. The molecule has 0 saturated carbocycles. The van der Waals surface area contributed by atoms with Gasteiger partial charge in [0.1, 0.15) is 12.4 Å². The monoisotopic (exact) mass is 469 g/mol. The van der Waals surface area contributed by atoms with E-state index in [2.05, 4.69) is 15.8 Å². The van der Waals surface area contributed by atoms with Crippen molar-refractivity contribution in [2.75, 3.05) is 12.4 Å². The number of methoxy groups -OCH3 is 1. The van der Waals surface area contributed by atoms with Crippen molar-refractivity contribution in [1.29, 1.82) is 0 Å². The van der Waals surface area contributed by atoms with Gasteiger partial charge in [-0.3, -0.25) is 9.59 Å². The summed E-state index contributed by atoms with van der Waals surface area (Å²) in [5.41, 5.74) is 4.93. The Morgan fingerprint density at radius 2 is 1.57 bits per heavy atom. The maximum absolute atomic E-state index is 12.3. The molecule has 2 N–H and O–H groups in total. The van der Waals surface area contributed by atoms with E-state index in [0.29, 0.717) is 35.1 Å². The molecule has 1 aromatic heterocycles. The number of hydrogen-bond acceptors (Lipinski definition) is 6. The molecule has 0 bridgehead atoms. The minimum Gasteiger partial charge on any atom is -0.497 e. The number of nitrogens with one attached hydrogen (secondary N) is 2. The van der Waals surface area contributed by atoms with Crippen molar-refractivity contribution < 1.29 is 23.5 Å². The van der Waals surface area contributed by atoms with Crippen LogP contribution < -0.4 is 20.2 Å². The van der Waals surface area contributed by atoms with Gasteiger partial charge in [0.25, 0.3) is 17.8 Å². The second kappa shape index (κ2) is 11.3. The molecule has 3 aromatic carbocycles. The second-order valence-corrected chi connectivity index (χ2v) is 7.39.